The second-order valence-electron chi connectivity index (χ2n) is 10.6. The molecule has 0 fully saturated rings. The molecule has 0 atom stereocenters. The van der Waals surface area contributed by atoms with Gasteiger partial charge < -0.3 is 0 Å². The maximum absolute atomic E-state index is 4.39. The lowest BCUT2D eigenvalue weighted by Crippen LogP contribution is -1.93. The summed E-state index contributed by atoms with van der Waals surface area (Å²) in [6.45, 7) is 0. The van der Waals surface area contributed by atoms with Crippen LogP contribution in [-0.4, -0.2) is 9.97 Å². The van der Waals surface area contributed by atoms with Crippen LogP contribution in [-0.2, 0) is 0 Å². The molecular weight excluding hydrogens is 508 g/mol. The predicted molar refractivity (Wildman–Crippen MR) is 176 cm³/mol. The van der Waals surface area contributed by atoms with E-state index in [4.69, 9.17) is 0 Å². The van der Waals surface area contributed by atoms with Gasteiger partial charge in [0.25, 0.3) is 0 Å². The van der Waals surface area contributed by atoms with E-state index in [0.29, 0.717) is 0 Å². The number of rotatable bonds is 4. The number of benzene rings is 6. The number of hydrogen-bond acceptors (Lipinski definition) is 2. The van der Waals surface area contributed by atoms with Gasteiger partial charge in [-0.15, -0.1) is 0 Å². The van der Waals surface area contributed by atoms with Gasteiger partial charge in [0.15, 0.2) is 0 Å². The molecule has 2 aromatic heterocycles. The van der Waals surface area contributed by atoms with E-state index in [-0.39, 0.29) is 0 Å². The number of hydrogen-bond donors (Lipinski definition) is 0. The summed E-state index contributed by atoms with van der Waals surface area (Å²) >= 11 is 0. The third-order valence-corrected chi connectivity index (χ3v) is 8.24. The molecule has 196 valence electrons. The Bertz CT molecular complexity index is 2180. The van der Waals surface area contributed by atoms with Crippen molar-refractivity contribution >= 4 is 32.3 Å². The van der Waals surface area contributed by atoms with Gasteiger partial charge in [0.05, 0.1) is 0 Å². The van der Waals surface area contributed by atoms with E-state index in [2.05, 4.69) is 131 Å². The molecule has 0 radical (unpaired) electrons. The topological polar surface area (TPSA) is 25.8 Å². The van der Waals surface area contributed by atoms with E-state index in [1.165, 1.54) is 60.1 Å². The van der Waals surface area contributed by atoms with Crippen LogP contribution in [0, 0.1) is 0 Å². The molecule has 0 aliphatic rings. The summed E-state index contributed by atoms with van der Waals surface area (Å²) in [5.74, 6) is 0. The first-order valence-corrected chi connectivity index (χ1v) is 14.2. The van der Waals surface area contributed by atoms with Gasteiger partial charge in [-0.25, -0.2) is 0 Å². The minimum atomic E-state index is 1.12. The highest BCUT2D eigenvalue weighted by atomic mass is 14.6. The molecule has 0 aliphatic heterocycles. The van der Waals surface area contributed by atoms with Gasteiger partial charge in [-0.2, -0.15) is 0 Å². The van der Waals surface area contributed by atoms with Crippen molar-refractivity contribution in [3.8, 4) is 44.5 Å². The van der Waals surface area contributed by atoms with Crippen molar-refractivity contribution in [3.05, 3.63) is 158 Å². The molecule has 0 N–H and O–H groups in total. The second-order valence-corrected chi connectivity index (χ2v) is 10.6. The van der Waals surface area contributed by atoms with Crippen LogP contribution in [0.5, 0.6) is 0 Å². The van der Waals surface area contributed by atoms with Crippen LogP contribution in [0.15, 0.2) is 158 Å². The van der Waals surface area contributed by atoms with Gasteiger partial charge in [-0.3, -0.25) is 9.97 Å². The summed E-state index contributed by atoms with van der Waals surface area (Å²) in [6.07, 6.45) is 7.52. The fraction of sp³-hybridized carbons (Fsp3) is 0. The highest BCUT2D eigenvalue weighted by molar-refractivity contribution is 6.24. The van der Waals surface area contributed by atoms with Crippen LogP contribution in [0.25, 0.3) is 76.8 Å². The van der Waals surface area contributed by atoms with Crippen LogP contribution in [0.4, 0.5) is 0 Å². The lowest BCUT2D eigenvalue weighted by Gasteiger charge is -2.20. The minimum Gasteiger partial charge on any atom is -0.264 e. The molecule has 0 amide bonds. The van der Waals surface area contributed by atoms with Gasteiger partial charge in [0, 0.05) is 35.9 Å². The Kier molecular flexibility index (Phi) is 5.82. The summed E-state index contributed by atoms with van der Waals surface area (Å²) in [5.41, 5.74) is 9.56. The van der Waals surface area contributed by atoms with Gasteiger partial charge >= 0.3 is 0 Å². The molecule has 0 spiro atoms. The molecule has 0 aliphatic carbocycles. The maximum Gasteiger partial charge on any atom is 0.0346 e. The van der Waals surface area contributed by atoms with Crippen molar-refractivity contribution in [1.29, 1.82) is 0 Å². The molecule has 42 heavy (non-hydrogen) atoms. The predicted octanol–water partition coefficient (Wildman–Crippen LogP) is 10.6. The van der Waals surface area contributed by atoms with Crippen LogP contribution in [0.1, 0.15) is 0 Å². The zero-order valence-electron chi connectivity index (χ0n) is 22.9. The second kappa shape index (κ2) is 10.1. The molecule has 8 aromatic rings. The Labute approximate surface area is 244 Å². The first-order chi connectivity index (χ1) is 20.9. The third kappa shape index (κ3) is 3.96. The monoisotopic (exact) mass is 534 g/mol. The molecule has 0 bridgehead atoms. The summed E-state index contributed by atoms with van der Waals surface area (Å²) in [6, 6.07) is 48.1. The lowest BCUT2D eigenvalue weighted by molar-refractivity contribution is 1.33. The summed E-state index contributed by atoms with van der Waals surface area (Å²) < 4.78 is 0. The van der Waals surface area contributed by atoms with Crippen molar-refractivity contribution in [2.75, 3.05) is 0 Å². The van der Waals surface area contributed by atoms with Gasteiger partial charge in [-0.1, -0.05) is 115 Å². The van der Waals surface area contributed by atoms with Crippen molar-refractivity contribution in [2.45, 2.75) is 0 Å². The van der Waals surface area contributed by atoms with Crippen LogP contribution in [0.3, 0.4) is 0 Å². The quantitative estimate of drug-likeness (QED) is 0.210. The van der Waals surface area contributed by atoms with Gasteiger partial charge in [-0.05, 0) is 83.9 Å². The van der Waals surface area contributed by atoms with Gasteiger partial charge in [0.1, 0.15) is 0 Å². The molecule has 0 saturated heterocycles. The molecule has 2 heteroatoms. The smallest absolute Gasteiger partial charge is 0.0346 e. The lowest BCUT2D eigenvalue weighted by atomic mass is 9.83. The Morgan fingerprint density at radius 3 is 1.38 bits per heavy atom. The summed E-state index contributed by atoms with van der Waals surface area (Å²) in [5, 5.41) is 7.45. The Morgan fingerprint density at radius 1 is 0.310 bits per heavy atom. The Hall–Kier alpha value is -5.60. The van der Waals surface area contributed by atoms with Crippen LogP contribution < -0.4 is 0 Å². The van der Waals surface area contributed by atoms with Crippen molar-refractivity contribution in [1.82, 2.24) is 9.97 Å². The largest absolute Gasteiger partial charge is 0.264 e. The number of nitrogens with zero attached hydrogens (tertiary/aromatic N) is 2. The van der Waals surface area contributed by atoms with E-state index in [1.807, 2.05) is 36.9 Å². The highest BCUT2D eigenvalue weighted by Gasteiger charge is 2.19. The SMILES string of the molecule is c1cncc(-c2cccc(-c3c4ccccc4c(-c4ccc(-c5cccnc5)c5ccccc45)c4ccccc34)c2)c1. The van der Waals surface area contributed by atoms with Crippen LogP contribution >= 0.6 is 0 Å². The van der Waals surface area contributed by atoms with E-state index >= 15 is 0 Å². The fourth-order valence-corrected chi connectivity index (χ4v) is 6.41. The number of aromatic nitrogens is 2. The standard InChI is InChI=1S/C40H26N2/c1-2-15-33-32(14-1)31(30-13-9-23-42-26-30)20-21-38(33)40-36-18-5-3-16-34(36)39(35-17-4-6-19-37(35)40)28-11-7-10-27(24-28)29-12-8-22-41-25-29/h1-26H. The third-order valence-electron chi connectivity index (χ3n) is 8.24. The van der Waals surface area contributed by atoms with E-state index in [9.17, 15) is 0 Å². The average Bonchev–Trinajstić information content (AvgIpc) is 3.07. The van der Waals surface area contributed by atoms with Crippen molar-refractivity contribution in [3.63, 3.8) is 0 Å². The van der Waals surface area contributed by atoms with E-state index in [1.54, 1.807) is 0 Å². The van der Waals surface area contributed by atoms with E-state index in [0.717, 1.165) is 16.7 Å². The maximum atomic E-state index is 4.39. The number of pyridine rings is 2. The molecule has 2 nitrogen and oxygen atoms in total. The van der Waals surface area contributed by atoms with Crippen molar-refractivity contribution < 1.29 is 0 Å². The molecule has 0 saturated carbocycles. The Morgan fingerprint density at radius 2 is 0.786 bits per heavy atom. The zero-order chi connectivity index (χ0) is 27.9. The molecular formula is C40H26N2. The van der Waals surface area contributed by atoms with Crippen molar-refractivity contribution in [2.24, 2.45) is 0 Å². The molecule has 2 heterocycles. The fourth-order valence-electron chi connectivity index (χ4n) is 6.41. The number of fused-ring (bicyclic) bond motifs is 3. The normalized spacial score (nSPS) is 11.3. The molecule has 0 unspecified atom stereocenters. The minimum absolute atomic E-state index is 1.12. The molecule has 6 aromatic carbocycles. The first kappa shape index (κ1) is 24.2. The zero-order valence-corrected chi connectivity index (χ0v) is 22.9. The first-order valence-electron chi connectivity index (χ1n) is 14.2. The van der Waals surface area contributed by atoms with Gasteiger partial charge in [0.2, 0.25) is 0 Å². The average molecular weight is 535 g/mol. The summed E-state index contributed by atoms with van der Waals surface area (Å²) in [4.78, 5) is 8.75. The summed E-state index contributed by atoms with van der Waals surface area (Å²) in [7, 11) is 0. The Balaban J connectivity index is 1.44. The van der Waals surface area contributed by atoms with Crippen LogP contribution in [0.2, 0.25) is 0 Å². The van der Waals surface area contributed by atoms with E-state index < -0.39 is 0 Å². The molecule has 8 rings (SSSR count). The highest BCUT2D eigenvalue weighted by Crippen LogP contribution is 2.46.